The van der Waals surface area contributed by atoms with E-state index in [-0.39, 0.29) is 5.69 Å². The number of rotatable bonds is 2. The van der Waals surface area contributed by atoms with Crippen molar-refractivity contribution in [3.63, 3.8) is 0 Å². The molecule has 0 amide bonds. The molecule has 0 aliphatic rings. The van der Waals surface area contributed by atoms with Gasteiger partial charge >= 0.3 is 0 Å². The zero-order chi connectivity index (χ0) is 8.27. The van der Waals surface area contributed by atoms with Crippen LogP contribution < -0.4 is 4.74 Å². The minimum Gasteiger partial charge on any atom is -0.495 e. The van der Waals surface area contributed by atoms with Gasteiger partial charge in [0.05, 0.1) is 13.3 Å². The Bertz CT molecular complexity index is 258. The van der Waals surface area contributed by atoms with Gasteiger partial charge in [0, 0.05) is 0 Å². The molecule has 11 heavy (non-hydrogen) atoms. The number of ether oxygens (including phenoxy) is 1. The Labute approximate surface area is 69.0 Å². The average Bonchev–Trinajstić information content (AvgIpc) is 2.05. The number of halogens is 1. The van der Waals surface area contributed by atoms with Gasteiger partial charge in [0.15, 0.2) is 0 Å². The molecule has 0 aliphatic carbocycles. The summed E-state index contributed by atoms with van der Waals surface area (Å²) < 4.78 is 4.83. The van der Waals surface area contributed by atoms with Crippen LogP contribution in [0.5, 0.6) is 5.75 Å². The van der Waals surface area contributed by atoms with Gasteiger partial charge in [-0.05, 0) is 23.7 Å². The fourth-order valence-corrected chi connectivity index (χ4v) is 0.729. The molecular formula is C7H6ClNO2. The van der Waals surface area contributed by atoms with Crippen LogP contribution in [0.25, 0.3) is 0 Å². The fourth-order valence-electron chi connectivity index (χ4n) is 0.617. The number of hydrogen-bond donors (Lipinski definition) is 0. The lowest BCUT2D eigenvalue weighted by Crippen LogP contribution is -1.93. The summed E-state index contributed by atoms with van der Waals surface area (Å²) in [5.41, 5.74) is 0.229. The summed E-state index contributed by atoms with van der Waals surface area (Å²) in [6, 6.07) is 3.14. The molecule has 1 aromatic rings. The van der Waals surface area contributed by atoms with E-state index in [0.29, 0.717) is 5.75 Å². The highest BCUT2D eigenvalue weighted by Crippen LogP contribution is 2.08. The van der Waals surface area contributed by atoms with E-state index < -0.39 is 5.24 Å². The van der Waals surface area contributed by atoms with Gasteiger partial charge < -0.3 is 4.74 Å². The van der Waals surface area contributed by atoms with Gasteiger partial charge in [-0.3, -0.25) is 4.79 Å². The van der Waals surface area contributed by atoms with E-state index in [2.05, 4.69) is 4.98 Å². The molecule has 0 aromatic carbocycles. The van der Waals surface area contributed by atoms with Crippen LogP contribution in [0, 0.1) is 0 Å². The van der Waals surface area contributed by atoms with Crippen molar-refractivity contribution in [1.29, 1.82) is 0 Å². The maximum Gasteiger partial charge on any atom is 0.270 e. The van der Waals surface area contributed by atoms with Crippen molar-refractivity contribution >= 4 is 16.8 Å². The van der Waals surface area contributed by atoms with Crippen LogP contribution in [0.2, 0.25) is 0 Å². The number of nitrogens with zero attached hydrogens (tertiary/aromatic N) is 1. The Morgan fingerprint density at radius 1 is 1.64 bits per heavy atom. The molecular weight excluding hydrogens is 166 g/mol. The Morgan fingerprint density at radius 3 is 2.73 bits per heavy atom. The minimum absolute atomic E-state index is 0.229. The predicted octanol–water partition coefficient (Wildman–Crippen LogP) is 1.47. The highest BCUT2D eigenvalue weighted by Gasteiger charge is 2.01. The van der Waals surface area contributed by atoms with Crippen LogP contribution in [-0.4, -0.2) is 17.3 Å². The van der Waals surface area contributed by atoms with Crippen molar-refractivity contribution in [2.24, 2.45) is 0 Å². The summed E-state index contributed by atoms with van der Waals surface area (Å²) >= 11 is 5.16. The quantitative estimate of drug-likeness (QED) is 0.633. The first-order valence-corrected chi connectivity index (χ1v) is 3.31. The molecule has 3 nitrogen and oxygen atoms in total. The summed E-state index contributed by atoms with van der Waals surface area (Å²) in [5.74, 6) is 0.603. The smallest absolute Gasteiger partial charge is 0.270 e. The molecule has 58 valence electrons. The van der Waals surface area contributed by atoms with Gasteiger partial charge in [0.1, 0.15) is 11.4 Å². The largest absolute Gasteiger partial charge is 0.495 e. The van der Waals surface area contributed by atoms with Gasteiger partial charge in [0.25, 0.3) is 5.24 Å². The summed E-state index contributed by atoms with van der Waals surface area (Å²) in [6.45, 7) is 0. The maximum absolute atomic E-state index is 10.5. The molecule has 0 N–H and O–H groups in total. The standard InChI is InChI=1S/C7H6ClNO2/c1-11-5-2-3-6(7(8)10)9-4-5/h2-4H,1H3. The Morgan fingerprint density at radius 2 is 2.36 bits per heavy atom. The molecule has 0 saturated carbocycles. The second-order valence-corrected chi connectivity index (χ2v) is 2.20. The lowest BCUT2D eigenvalue weighted by molar-refractivity contribution is 0.107. The van der Waals surface area contributed by atoms with E-state index in [9.17, 15) is 4.79 Å². The molecule has 1 aromatic heterocycles. The highest BCUT2D eigenvalue weighted by atomic mass is 35.5. The van der Waals surface area contributed by atoms with Crippen molar-refractivity contribution in [2.45, 2.75) is 0 Å². The maximum atomic E-state index is 10.5. The van der Waals surface area contributed by atoms with E-state index in [1.807, 2.05) is 0 Å². The second-order valence-electron chi connectivity index (χ2n) is 1.86. The molecule has 4 heteroatoms. The molecule has 1 rings (SSSR count). The van der Waals surface area contributed by atoms with Gasteiger partial charge in [-0.1, -0.05) is 0 Å². The van der Waals surface area contributed by atoms with Crippen LogP contribution >= 0.6 is 11.6 Å². The lowest BCUT2D eigenvalue weighted by atomic mass is 10.4. The number of carbonyl (C=O) groups excluding carboxylic acids is 1. The second kappa shape index (κ2) is 3.34. The van der Waals surface area contributed by atoms with E-state index in [0.717, 1.165) is 0 Å². The van der Waals surface area contributed by atoms with Crippen molar-refractivity contribution in [3.8, 4) is 5.75 Å². The lowest BCUT2D eigenvalue weighted by Gasteiger charge is -1.97. The molecule has 0 bridgehead atoms. The van der Waals surface area contributed by atoms with Crippen LogP contribution in [-0.2, 0) is 0 Å². The molecule has 0 fully saturated rings. The molecule has 0 radical (unpaired) electrons. The van der Waals surface area contributed by atoms with E-state index in [4.69, 9.17) is 16.3 Å². The Balaban J connectivity index is 2.91. The summed E-state index contributed by atoms with van der Waals surface area (Å²) in [4.78, 5) is 14.2. The SMILES string of the molecule is COc1ccc(C(=O)Cl)nc1. The topological polar surface area (TPSA) is 39.2 Å². The molecule has 0 saturated heterocycles. The van der Waals surface area contributed by atoms with E-state index >= 15 is 0 Å². The summed E-state index contributed by atoms with van der Waals surface area (Å²) in [7, 11) is 1.53. The van der Waals surface area contributed by atoms with Crippen molar-refractivity contribution < 1.29 is 9.53 Å². The Kier molecular flexibility index (Phi) is 2.44. The minimum atomic E-state index is -0.562. The van der Waals surface area contributed by atoms with E-state index in [1.165, 1.54) is 19.4 Å². The average molecular weight is 172 g/mol. The normalized spacial score (nSPS) is 9.27. The number of aromatic nitrogens is 1. The van der Waals surface area contributed by atoms with Gasteiger partial charge in [-0.2, -0.15) is 0 Å². The number of carbonyl (C=O) groups is 1. The number of hydrogen-bond acceptors (Lipinski definition) is 3. The van der Waals surface area contributed by atoms with Crippen LogP contribution in [0.1, 0.15) is 10.5 Å². The third-order valence-corrected chi connectivity index (χ3v) is 1.37. The van der Waals surface area contributed by atoms with Crippen molar-refractivity contribution in [1.82, 2.24) is 4.98 Å². The summed E-state index contributed by atoms with van der Waals surface area (Å²) in [5, 5.41) is -0.562. The van der Waals surface area contributed by atoms with Crippen LogP contribution in [0.4, 0.5) is 0 Å². The predicted molar refractivity (Wildman–Crippen MR) is 41.0 cm³/mol. The highest BCUT2D eigenvalue weighted by molar-refractivity contribution is 6.67. The zero-order valence-corrected chi connectivity index (χ0v) is 6.63. The number of pyridine rings is 1. The van der Waals surface area contributed by atoms with Gasteiger partial charge in [-0.25, -0.2) is 4.98 Å². The molecule has 1 heterocycles. The first-order chi connectivity index (χ1) is 5.24. The molecule has 0 aliphatic heterocycles. The van der Waals surface area contributed by atoms with Gasteiger partial charge in [0.2, 0.25) is 0 Å². The van der Waals surface area contributed by atoms with Crippen LogP contribution in [0.3, 0.4) is 0 Å². The third kappa shape index (κ3) is 1.91. The van der Waals surface area contributed by atoms with Crippen molar-refractivity contribution in [2.75, 3.05) is 7.11 Å². The third-order valence-electron chi connectivity index (χ3n) is 1.17. The molecule has 0 spiro atoms. The zero-order valence-electron chi connectivity index (χ0n) is 5.87. The van der Waals surface area contributed by atoms with E-state index in [1.54, 1.807) is 6.07 Å². The molecule has 0 atom stereocenters. The monoisotopic (exact) mass is 171 g/mol. The summed E-state index contributed by atoms with van der Waals surface area (Å²) in [6.07, 6.45) is 1.44. The Hall–Kier alpha value is -1.09. The fraction of sp³-hybridized carbons (Fsp3) is 0.143. The van der Waals surface area contributed by atoms with Crippen molar-refractivity contribution in [3.05, 3.63) is 24.0 Å². The number of methoxy groups -OCH3 is 1. The van der Waals surface area contributed by atoms with Gasteiger partial charge in [-0.15, -0.1) is 0 Å². The molecule has 0 unspecified atom stereocenters. The first-order valence-electron chi connectivity index (χ1n) is 2.94. The van der Waals surface area contributed by atoms with Crippen LogP contribution in [0.15, 0.2) is 18.3 Å². The first kappa shape index (κ1) is 8.01.